The minimum atomic E-state index is -1.96. The fraction of sp³-hybridized carbons (Fsp3) is 0.818. The van der Waals surface area contributed by atoms with Crippen molar-refractivity contribution in [2.75, 3.05) is 26.2 Å². The summed E-state index contributed by atoms with van der Waals surface area (Å²) in [5.74, 6) is -1.08. The maximum Gasteiger partial charge on any atom is 0.337 e. The number of rotatable bonds is 5. The second-order valence-corrected chi connectivity index (χ2v) is 4.85. The third-order valence-electron chi connectivity index (χ3n) is 3.15. The van der Waals surface area contributed by atoms with Crippen LogP contribution in [-0.2, 0) is 4.79 Å². The highest BCUT2D eigenvalue weighted by atomic mass is 16.4. The van der Waals surface area contributed by atoms with Crippen molar-refractivity contribution in [3.8, 4) is 0 Å². The van der Waals surface area contributed by atoms with E-state index in [0.29, 0.717) is 25.4 Å². The van der Waals surface area contributed by atoms with Crippen LogP contribution in [0, 0.1) is 5.92 Å². The molecule has 1 aliphatic rings. The van der Waals surface area contributed by atoms with Gasteiger partial charge in [-0.2, -0.15) is 0 Å². The molecule has 0 bridgehead atoms. The molecule has 1 heterocycles. The number of aliphatic hydroxyl groups excluding tert-OH is 1. The largest absolute Gasteiger partial charge is 0.479 e. The molecule has 104 valence electrons. The Morgan fingerprint density at radius 2 is 2.17 bits per heavy atom. The Hall–Kier alpha value is -1.34. The summed E-state index contributed by atoms with van der Waals surface area (Å²) in [4.78, 5) is 23.9. The van der Waals surface area contributed by atoms with Gasteiger partial charge in [0.15, 0.2) is 5.60 Å². The summed E-state index contributed by atoms with van der Waals surface area (Å²) >= 11 is 0. The van der Waals surface area contributed by atoms with E-state index in [1.165, 1.54) is 0 Å². The van der Waals surface area contributed by atoms with Crippen LogP contribution in [0.4, 0.5) is 4.79 Å². The number of hydrogen-bond acceptors (Lipinski definition) is 4. The minimum absolute atomic E-state index is 0.105. The molecule has 4 N–H and O–H groups in total. The van der Waals surface area contributed by atoms with Crippen molar-refractivity contribution >= 4 is 12.0 Å². The Morgan fingerprint density at radius 1 is 1.50 bits per heavy atom. The molecule has 1 saturated heterocycles. The van der Waals surface area contributed by atoms with E-state index in [-0.39, 0.29) is 19.2 Å². The van der Waals surface area contributed by atoms with Crippen LogP contribution in [0.1, 0.15) is 19.8 Å². The van der Waals surface area contributed by atoms with Crippen LogP contribution in [0.15, 0.2) is 0 Å². The standard InChI is InChI=1S/C11H20N2O5/c1-11(18,9(15)16)7-12-10(17)13-4-2-8(6-13)3-5-14/h8,14,18H,2-7H2,1H3,(H,12,17)(H,15,16). The summed E-state index contributed by atoms with van der Waals surface area (Å²) < 4.78 is 0. The molecule has 0 aromatic carbocycles. The summed E-state index contributed by atoms with van der Waals surface area (Å²) in [6.07, 6.45) is 1.50. The number of carbonyl (C=O) groups excluding carboxylic acids is 1. The molecule has 1 aliphatic heterocycles. The summed E-state index contributed by atoms with van der Waals surface area (Å²) in [5, 5.41) is 29.4. The lowest BCUT2D eigenvalue weighted by atomic mass is 10.1. The first-order valence-corrected chi connectivity index (χ1v) is 5.96. The average molecular weight is 260 g/mol. The molecule has 1 rings (SSSR count). The van der Waals surface area contributed by atoms with Crippen molar-refractivity contribution in [3.63, 3.8) is 0 Å². The zero-order valence-corrected chi connectivity index (χ0v) is 10.4. The first-order valence-electron chi connectivity index (χ1n) is 5.96. The summed E-state index contributed by atoms with van der Waals surface area (Å²) in [6, 6.07) is -0.378. The Labute approximate surface area is 105 Å². The number of nitrogens with one attached hydrogen (secondary N) is 1. The van der Waals surface area contributed by atoms with Crippen molar-refractivity contribution in [2.24, 2.45) is 5.92 Å². The number of urea groups is 1. The van der Waals surface area contributed by atoms with Crippen LogP contribution in [0.5, 0.6) is 0 Å². The number of carboxylic acids is 1. The van der Waals surface area contributed by atoms with Crippen molar-refractivity contribution < 1.29 is 24.9 Å². The van der Waals surface area contributed by atoms with Crippen molar-refractivity contribution in [1.29, 1.82) is 0 Å². The molecule has 0 aromatic rings. The number of aliphatic hydroxyl groups is 2. The van der Waals surface area contributed by atoms with Gasteiger partial charge >= 0.3 is 12.0 Å². The van der Waals surface area contributed by atoms with Gasteiger partial charge in [-0.15, -0.1) is 0 Å². The van der Waals surface area contributed by atoms with Gasteiger partial charge in [0.1, 0.15) is 0 Å². The maximum atomic E-state index is 11.7. The smallest absolute Gasteiger partial charge is 0.337 e. The Bertz CT molecular complexity index is 319. The lowest BCUT2D eigenvalue weighted by Gasteiger charge is -2.22. The van der Waals surface area contributed by atoms with Crippen LogP contribution in [0.3, 0.4) is 0 Å². The van der Waals surface area contributed by atoms with Crippen LogP contribution in [-0.4, -0.2) is 64.1 Å². The van der Waals surface area contributed by atoms with Gasteiger partial charge in [0, 0.05) is 19.7 Å². The number of amides is 2. The molecule has 0 radical (unpaired) electrons. The highest BCUT2D eigenvalue weighted by Crippen LogP contribution is 2.19. The molecule has 2 atom stereocenters. The van der Waals surface area contributed by atoms with E-state index < -0.39 is 11.6 Å². The number of carbonyl (C=O) groups is 2. The van der Waals surface area contributed by atoms with Gasteiger partial charge in [0.2, 0.25) is 0 Å². The van der Waals surface area contributed by atoms with E-state index in [0.717, 1.165) is 13.3 Å². The van der Waals surface area contributed by atoms with Crippen LogP contribution >= 0.6 is 0 Å². The molecule has 2 unspecified atom stereocenters. The highest BCUT2D eigenvalue weighted by Gasteiger charge is 2.32. The van der Waals surface area contributed by atoms with E-state index in [1.54, 1.807) is 4.90 Å². The van der Waals surface area contributed by atoms with Gasteiger partial charge in [-0.05, 0) is 25.7 Å². The fourth-order valence-corrected chi connectivity index (χ4v) is 1.87. The quantitative estimate of drug-likeness (QED) is 0.519. The van der Waals surface area contributed by atoms with Crippen molar-refractivity contribution in [3.05, 3.63) is 0 Å². The molecule has 7 nitrogen and oxygen atoms in total. The highest BCUT2D eigenvalue weighted by molar-refractivity contribution is 5.79. The maximum absolute atomic E-state index is 11.7. The number of carboxylic acid groups (broad SMARTS) is 1. The number of likely N-dealkylation sites (tertiary alicyclic amines) is 1. The first kappa shape index (κ1) is 14.7. The minimum Gasteiger partial charge on any atom is -0.479 e. The van der Waals surface area contributed by atoms with Gasteiger partial charge in [-0.1, -0.05) is 0 Å². The summed E-state index contributed by atoms with van der Waals surface area (Å²) in [6.45, 7) is 2.05. The number of hydrogen-bond donors (Lipinski definition) is 4. The predicted octanol–water partition coefficient (Wildman–Crippen LogP) is -0.764. The lowest BCUT2D eigenvalue weighted by molar-refractivity contribution is -0.155. The molecule has 18 heavy (non-hydrogen) atoms. The fourth-order valence-electron chi connectivity index (χ4n) is 1.87. The van der Waals surface area contributed by atoms with Gasteiger partial charge in [0.05, 0.1) is 6.54 Å². The predicted molar refractivity (Wildman–Crippen MR) is 63.0 cm³/mol. The Balaban J connectivity index is 2.36. The van der Waals surface area contributed by atoms with E-state index in [2.05, 4.69) is 5.32 Å². The van der Waals surface area contributed by atoms with E-state index >= 15 is 0 Å². The van der Waals surface area contributed by atoms with Gasteiger partial charge in [-0.3, -0.25) is 0 Å². The molecular weight excluding hydrogens is 240 g/mol. The normalized spacial score (nSPS) is 22.6. The molecule has 2 amide bonds. The molecule has 7 heteroatoms. The van der Waals surface area contributed by atoms with Gasteiger partial charge in [-0.25, -0.2) is 9.59 Å². The SMILES string of the molecule is CC(O)(CNC(=O)N1CCC(CCO)C1)C(=O)O. The topological polar surface area (TPSA) is 110 Å². The zero-order valence-electron chi connectivity index (χ0n) is 10.4. The third-order valence-corrected chi connectivity index (χ3v) is 3.15. The zero-order chi connectivity index (χ0) is 13.8. The molecule has 0 spiro atoms. The molecule has 0 saturated carbocycles. The Morgan fingerprint density at radius 3 is 2.72 bits per heavy atom. The second-order valence-electron chi connectivity index (χ2n) is 4.85. The molecule has 0 aromatic heterocycles. The molecular formula is C11H20N2O5. The van der Waals surface area contributed by atoms with Gasteiger partial charge < -0.3 is 25.5 Å². The van der Waals surface area contributed by atoms with Crippen LogP contribution < -0.4 is 5.32 Å². The first-order chi connectivity index (χ1) is 8.36. The van der Waals surface area contributed by atoms with Crippen LogP contribution in [0.2, 0.25) is 0 Å². The Kier molecular flexibility index (Phi) is 4.92. The van der Waals surface area contributed by atoms with Gasteiger partial charge in [0.25, 0.3) is 0 Å². The summed E-state index contributed by atoms with van der Waals surface area (Å²) in [7, 11) is 0. The monoisotopic (exact) mass is 260 g/mol. The van der Waals surface area contributed by atoms with E-state index in [4.69, 9.17) is 10.2 Å². The number of nitrogens with zero attached hydrogens (tertiary/aromatic N) is 1. The van der Waals surface area contributed by atoms with Crippen molar-refractivity contribution in [2.45, 2.75) is 25.4 Å². The lowest BCUT2D eigenvalue weighted by Crippen LogP contribution is -2.49. The number of aliphatic carboxylic acids is 1. The van der Waals surface area contributed by atoms with E-state index in [1.807, 2.05) is 0 Å². The van der Waals surface area contributed by atoms with Crippen LogP contribution in [0.25, 0.3) is 0 Å². The van der Waals surface area contributed by atoms with E-state index in [9.17, 15) is 14.7 Å². The molecule has 1 fully saturated rings. The third kappa shape index (κ3) is 3.85. The second kappa shape index (κ2) is 6.01. The van der Waals surface area contributed by atoms with Crippen molar-refractivity contribution in [1.82, 2.24) is 10.2 Å². The molecule has 0 aliphatic carbocycles. The average Bonchev–Trinajstić information content (AvgIpc) is 2.75. The summed E-state index contributed by atoms with van der Waals surface area (Å²) in [5.41, 5.74) is -1.96.